The maximum atomic E-state index is 5.85. The Morgan fingerprint density at radius 3 is 2.67 bits per heavy atom. The number of nitrogens with one attached hydrogen (secondary N) is 1. The second-order valence-electron chi connectivity index (χ2n) is 3.55. The van der Waals surface area contributed by atoms with E-state index in [1.54, 1.807) is 0 Å². The molecule has 1 aliphatic heterocycles. The average Bonchev–Trinajstić information content (AvgIpc) is 2.16. The molecule has 1 atom stereocenters. The Morgan fingerprint density at radius 2 is 2.08 bits per heavy atom. The van der Waals surface area contributed by atoms with Gasteiger partial charge in [-0.25, -0.2) is 0 Å². The first-order valence-electron chi connectivity index (χ1n) is 5.01. The molecule has 0 saturated carbocycles. The zero-order chi connectivity index (χ0) is 8.81. The molecule has 0 amide bonds. The van der Waals surface area contributed by atoms with Crippen molar-refractivity contribution in [1.82, 2.24) is 10.2 Å². The summed E-state index contributed by atoms with van der Waals surface area (Å²) in [6, 6.07) is 0.403. The minimum atomic E-state index is 0.403. The molecule has 12 heavy (non-hydrogen) atoms. The van der Waals surface area contributed by atoms with Crippen LogP contribution in [0.1, 0.15) is 19.8 Å². The van der Waals surface area contributed by atoms with E-state index in [1.165, 1.54) is 19.6 Å². The summed E-state index contributed by atoms with van der Waals surface area (Å²) in [6.07, 6.45) is 2.25. The van der Waals surface area contributed by atoms with Crippen molar-refractivity contribution < 1.29 is 0 Å². The molecule has 1 heterocycles. The molecular weight excluding hydrogens is 150 g/mol. The van der Waals surface area contributed by atoms with Crippen LogP contribution in [-0.4, -0.2) is 43.7 Å². The molecule has 3 N–H and O–H groups in total. The van der Waals surface area contributed by atoms with Gasteiger partial charge in [0, 0.05) is 32.2 Å². The fourth-order valence-electron chi connectivity index (χ4n) is 1.49. The first kappa shape index (κ1) is 9.96. The number of rotatable bonds is 4. The maximum absolute atomic E-state index is 5.85. The van der Waals surface area contributed by atoms with E-state index in [9.17, 15) is 0 Å². The van der Waals surface area contributed by atoms with Gasteiger partial charge in [-0.3, -0.25) is 0 Å². The first-order chi connectivity index (χ1) is 5.83. The smallest absolute Gasteiger partial charge is 0.0107 e. The molecule has 1 fully saturated rings. The summed E-state index contributed by atoms with van der Waals surface area (Å²) >= 11 is 0. The molecular formula is C9H21N3. The average molecular weight is 171 g/mol. The van der Waals surface area contributed by atoms with Crippen molar-refractivity contribution >= 4 is 0 Å². The largest absolute Gasteiger partial charge is 0.328 e. The quantitative estimate of drug-likeness (QED) is 0.626. The van der Waals surface area contributed by atoms with Gasteiger partial charge in [0.05, 0.1) is 0 Å². The predicted octanol–water partition coefficient (Wildman–Crippen LogP) is 0.0190. The van der Waals surface area contributed by atoms with Gasteiger partial charge < -0.3 is 16.0 Å². The second kappa shape index (κ2) is 5.51. The number of hydrogen-bond acceptors (Lipinski definition) is 3. The van der Waals surface area contributed by atoms with Gasteiger partial charge in [-0.15, -0.1) is 0 Å². The zero-order valence-electron chi connectivity index (χ0n) is 8.05. The van der Waals surface area contributed by atoms with Crippen molar-refractivity contribution in [2.75, 3.05) is 32.7 Å². The molecule has 3 heteroatoms. The highest BCUT2D eigenvalue weighted by molar-refractivity contribution is 4.69. The van der Waals surface area contributed by atoms with Crippen LogP contribution in [-0.2, 0) is 0 Å². The minimum absolute atomic E-state index is 0.403. The summed E-state index contributed by atoms with van der Waals surface area (Å²) < 4.78 is 0. The highest BCUT2D eigenvalue weighted by atomic mass is 15.2. The van der Waals surface area contributed by atoms with E-state index in [1.807, 2.05) is 0 Å². The molecule has 0 aromatic rings. The lowest BCUT2D eigenvalue weighted by Gasteiger charge is -2.27. The molecule has 72 valence electrons. The Hall–Kier alpha value is -0.120. The standard InChI is InChI=1S/C9H21N3/c1-2-9(10)3-6-12-7-4-11-5-8-12/h9,11H,2-8,10H2,1H3. The molecule has 0 aliphatic carbocycles. The SMILES string of the molecule is CCC(N)CCN1CCNCC1. The van der Waals surface area contributed by atoms with Crippen molar-refractivity contribution in [2.24, 2.45) is 5.73 Å². The van der Waals surface area contributed by atoms with Gasteiger partial charge in [-0.2, -0.15) is 0 Å². The van der Waals surface area contributed by atoms with Crippen LogP contribution in [0.15, 0.2) is 0 Å². The van der Waals surface area contributed by atoms with Crippen LogP contribution in [0.3, 0.4) is 0 Å². The van der Waals surface area contributed by atoms with Crippen LogP contribution >= 0.6 is 0 Å². The molecule has 1 saturated heterocycles. The number of piperazine rings is 1. The lowest BCUT2D eigenvalue weighted by Crippen LogP contribution is -2.44. The topological polar surface area (TPSA) is 41.3 Å². The van der Waals surface area contributed by atoms with Crippen LogP contribution < -0.4 is 11.1 Å². The Labute approximate surface area is 75.3 Å². The number of hydrogen-bond donors (Lipinski definition) is 2. The molecule has 3 nitrogen and oxygen atoms in total. The molecule has 0 aromatic heterocycles. The Bertz CT molecular complexity index is 110. The third-order valence-electron chi connectivity index (χ3n) is 2.55. The monoisotopic (exact) mass is 171 g/mol. The Kier molecular flexibility index (Phi) is 4.58. The second-order valence-corrected chi connectivity index (χ2v) is 3.55. The minimum Gasteiger partial charge on any atom is -0.328 e. The van der Waals surface area contributed by atoms with Crippen molar-refractivity contribution in [2.45, 2.75) is 25.8 Å². The van der Waals surface area contributed by atoms with Gasteiger partial charge in [0.2, 0.25) is 0 Å². The summed E-state index contributed by atoms with van der Waals surface area (Å²) in [6.45, 7) is 7.99. The number of nitrogens with zero attached hydrogens (tertiary/aromatic N) is 1. The Morgan fingerprint density at radius 1 is 1.42 bits per heavy atom. The molecule has 0 bridgehead atoms. The summed E-state index contributed by atoms with van der Waals surface area (Å²) in [5, 5.41) is 3.34. The van der Waals surface area contributed by atoms with Crippen molar-refractivity contribution in [1.29, 1.82) is 0 Å². The van der Waals surface area contributed by atoms with E-state index in [2.05, 4.69) is 17.1 Å². The van der Waals surface area contributed by atoms with Crippen LogP contribution in [0.5, 0.6) is 0 Å². The predicted molar refractivity (Wildman–Crippen MR) is 52.2 cm³/mol. The third kappa shape index (κ3) is 3.52. The van der Waals surface area contributed by atoms with Gasteiger partial charge in [0.15, 0.2) is 0 Å². The van der Waals surface area contributed by atoms with Gasteiger partial charge in [-0.05, 0) is 19.4 Å². The highest BCUT2D eigenvalue weighted by Gasteiger charge is 2.09. The van der Waals surface area contributed by atoms with Crippen molar-refractivity contribution in [3.63, 3.8) is 0 Å². The summed E-state index contributed by atoms with van der Waals surface area (Å²) in [5.41, 5.74) is 5.85. The normalized spacial score (nSPS) is 22.5. The fourth-order valence-corrected chi connectivity index (χ4v) is 1.49. The van der Waals surface area contributed by atoms with Crippen molar-refractivity contribution in [3.05, 3.63) is 0 Å². The van der Waals surface area contributed by atoms with Crippen LogP contribution in [0, 0.1) is 0 Å². The van der Waals surface area contributed by atoms with E-state index in [-0.39, 0.29) is 0 Å². The lowest BCUT2D eigenvalue weighted by molar-refractivity contribution is 0.232. The summed E-state index contributed by atoms with van der Waals surface area (Å²) in [5.74, 6) is 0. The lowest BCUT2D eigenvalue weighted by atomic mass is 10.1. The molecule has 1 unspecified atom stereocenters. The fraction of sp³-hybridized carbons (Fsp3) is 1.00. The first-order valence-corrected chi connectivity index (χ1v) is 5.01. The van der Waals surface area contributed by atoms with Crippen LogP contribution in [0.25, 0.3) is 0 Å². The molecule has 0 spiro atoms. The Balaban J connectivity index is 2.05. The molecule has 1 aliphatic rings. The van der Waals surface area contributed by atoms with Gasteiger partial charge >= 0.3 is 0 Å². The van der Waals surface area contributed by atoms with Crippen LogP contribution in [0.4, 0.5) is 0 Å². The van der Waals surface area contributed by atoms with E-state index in [0.29, 0.717) is 6.04 Å². The van der Waals surface area contributed by atoms with E-state index in [4.69, 9.17) is 5.73 Å². The van der Waals surface area contributed by atoms with Crippen molar-refractivity contribution in [3.8, 4) is 0 Å². The molecule has 1 rings (SSSR count). The third-order valence-corrected chi connectivity index (χ3v) is 2.55. The van der Waals surface area contributed by atoms with Gasteiger partial charge in [0.1, 0.15) is 0 Å². The number of nitrogens with two attached hydrogens (primary N) is 1. The summed E-state index contributed by atoms with van der Waals surface area (Å²) in [4.78, 5) is 2.49. The van der Waals surface area contributed by atoms with E-state index < -0.39 is 0 Å². The van der Waals surface area contributed by atoms with E-state index >= 15 is 0 Å². The summed E-state index contributed by atoms with van der Waals surface area (Å²) in [7, 11) is 0. The molecule has 0 aromatic carbocycles. The van der Waals surface area contributed by atoms with Gasteiger partial charge in [0.25, 0.3) is 0 Å². The zero-order valence-corrected chi connectivity index (χ0v) is 8.05. The van der Waals surface area contributed by atoms with Crippen LogP contribution in [0.2, 0.25) is 0 Å². The highest BCUT2D eigenvalue weighted by Crippen LogP contribution is 1.98. The van der Waals surface area contributed by atoms with Gasteiger partial charge in [-0.1, -0.05) is 6.92 Å². The maximum Gasteiger partial charge on any atom is 0.0107 e. The van der Waals surface area contributed by atoms with E-state index in [0.717, 1.165) is 25.9 Å². The molecule has 0 radical (unpaired) electrons.